The number of benzene rings is 1. The van der Waals surface area contributed by atoms with Gasteiger partial charge in [0.15, 0.2) is 0 Å². The van der Waals surface area contributed by atoms with Crippen LogP contribution in [0.25, 0.3) is 0 Å². The first-order valence-electron chi connectivity index (χ1n) is 8.34. The number of anilines is 1. The molecule has 2 heterocycles. The smallest absolute Gasteiger partial charge is 0.270 e. The monoisotopic (exact) mass is 422 g/mol. The highest BCUT2D eigenvalue weighted by molar-refractivity contribution is 7.07. The van der Waals surface area contributed by atoms with Gasteiger partial charge in [-0.1, -0.05) is 0 Å². The second-order valence-electron chi connectivity index (χ2n) is 6.31. The number of nitrogens with one attached hydrogen (secondary N) is 1. The topological polar surface area (TPSA) is 138 Å². The van der Waals surface area contributed by atoms with Gasteiger partial charge in [-0.05, 0) is 12.5 Å². The van der Waals surface area contributed by atoms with Crippen LogP contribution in [0.1, 0.15) is 17.7 Å². The Kier molecular flexibility index (Phi) is 7.28. The van der Waals surface area contributed by atoms with Crippen LogP contribution < -0.4 is 16.0 Å². The molecule has 1 aliphatic rings. The Morgan fingerprint density at radius 3 is 2.96 bits per heavy atom. The first-order chi connectivity index (χ1) is 13.0. The van der Waals surface area contributed by atoms with Crippen molar-refractivity contribution in [3.05, 3.63) is 50.5 Å². The van der Waals surface area contributed by atoms with E-state index in [1.165, 1.54) is 23.5 Å². The van der Waals surface area contributed by atoms with Gasteiger partial charge < -0.3 is 16.0 Å². The summed E-state index contributed by atoms with van der Waals surface area (Å²) in [6, 6.07) is 5.79. The predicted octanol–water partition coefficient (Wildman–Crippen LogP) is 1.61. The van der Waals surface area contributed by atoms with Crippen molar-refractivity contribution in [2.24, 2.45) is 5.73 Å². The lowest BCUT2D eigenvalue weighted by atomic mass is 10.1. The Morgan fingerprint density at radius 2 is 2.36 bits per heavy atom. The van der Waals surface area contributed by atoms with Crippen molar-refractivity contribution in [3.63, 3.8) is 0 Å². The highest BCUT2D eigenvalue weighted by Crippen LogP contribution is 2.28. The zero-order valence-electron chi connectivity index (χ0n) is 14.8. The number of primary amides is 1. The molecule has 1 aromatic heterocycles. The Labute approximate surface area is 171 Å². The molecule has 11 heteroatoms. The number of nitro benzene ring substituents is 1. The maximum absolute atomic E-state index is 11.8. The molecule has 9 nitrogen and oxygen atoms in total. The summed E-state index contributed by atoms with van der Waals surface area (Å²) in [6.07, 6.45) is 1.19. The lowest BCUT2D eigenvalue weighted by Gasteiger charge is -2.22. The van der Waals surface area contributed by atoms with Gasteiger partial charge in [-0.25, -0.2) is 4.98 Å². The predicted molar refractivity (Wildman–Crippen MR) is 108 cm³/mol. The van der Waals surface area contributed by atoms with E-state index in [-0.39, 0.29) is 29.7 Å². The molecular formula is C17H19ClN6O3S. The molecule has 3 rings (SSSR count). The molecule has 1 aromatic carbocycles. The molecule has 28 heavy (non-hydrogen) atoms. The average molecular weight is 423 g/mol. The van der Waals surface area contributed by atoms with E-state index in [4.69, 9.17) is 5.73 Å². The molecule has 148 valence electrons. The first kappa shape index (κ1) is 21.6. The van der Waals surface area contributed by atoms with Crippen molar-refractivity contribution in [1.29, 1.82) is 5.26 Å². The van der Waals surface area contributed by atoms with Crippen LogP contribution in [0.15, 0.2) is 29.1 Å². The van der Waals surface area contributed by atoms with Crippen LogP contribution in [0.3, 0.4) is 0 Å². The minimum Gasteiger partial charge on any atom is -0.369 e. The third-order valence-electron chi connectivity index (χ3n) is 4.52. The maximum atomic E-state index is 11.8. The second-order valence-corrected chi connectivity index (χ2v) is 7.03. The summed E-state index contributed by atoms with van der Waals surface area (Å²) in [5, 5.41) is 25.4. The van der Waals surface area contributed by atoms with Crippen molar-refractivity contribution >= 4 is 41.0 Å². The van der Waals surface area contributed by atoms with Gasteiger partial charge in [0, 0.05) is 43.1 Å². The number of nitrogens with zero attached hydrogens (tertiary/aromatic N) is 4. The molecule has 0 unspecified atom stereocenters. The van der Waals surface area contributed by atoms with Gasteiger partial charge in [0.25, 0.3) is 5.69 Å². The highest BCUT2D eigenvalue weighted by Gasteiger charge is 2.28. The fourth-order valence-corrected chi connectivity index (χ4v) is 3.76. The Morgan fingerprint density at radius 1 is 1.57 bits per heavy atom. The number of rotatable bonds is 7. The molecular weight excluding hydrogens is 404 g/mol. The summed E-state index contributed by atoms with van der Waals surface area (Å²) >= 11 is 1.46. The van der Waals surface area contributed by atoms with Gasteiger partial charge in [-0.2, -0.15) is 5.26 Å². The minimum atomic E-state index is -0.524. The van der Waals surface area contributed by atoms with Gasteiger partial charge in [-0.3, -0.25) is 14.9 Å². The molecule has 0 bridgehead atoms. The number of amides is 1. The molecule has 0 saturated carbocycles. The van der Waals surface area contributed by atoms with Crippen molar-refractivity contribution < 1.29 is 9.72 Å². The summed E-state index contributed by atoms with van der Waals surface area (Å²) in [5.41, 5.74) is 8.85. The average Bonchev–Trinajstić information content (AvgIpc) is 3.32. The number of nitro groups is 1. The van der Waals surface area contributed by atoms with Crippen molar-refractivity contribution in [1.82, 2.24) is 10.3 Å². The third kappa shape index (κ3) is 4.95. The molecule has 2 aromatic rings. The van der Waals surface area contributed by atoms with Crippen LogP contribution in [0.4, 0.5) is 11.4 Å². The van der Waals surface area contributed by atoms with E-state index in [0.717, 1.165) is 12.1 Å². The fourth-order valence-electron chi connectivity index (χ4n) is 3.19. The number of aromatic nitrogens is 1. The van der Waals surface area contributed by atoms with Gasteiger partial charge in [0.1, 0.15) is 6.07 Å². The minimum absolute atomic E-state index is 0. The van der Waals surface area contributed by atoms with E-state index in [1.807, 2.05) is 16.3 Å². The van der Waals surface area contributed by atoms with Gasteiger partial charge in [0.05, 0.1) is 33.4 Å². The normalized spacial score (nSPS) is 16.8. The van der Waals surface area contributed by atoms with E-state index in [1.54, 1.807) is 11.6 Å². The zero-order valence-corrected chi connectivity index (χ0v) is 16.4. The largest absolute Gasteiger partial charge is 0.369 e. The Hall–Kier alpha value is -2.74. The standard InChI is InChI=1S/C17H18N6O3S.ClH/c18-7-11-5-14(23(25)26)1-2-16(11)22-4-3-12(8-22)21-15(17(19)24)6-13-9-27-10-20-13;/h1-2,5,9-10,12,15,21H,3-4,6,8H2,(H2,19,24);1H/t12-,15-;/m0./s1. The fraction of sp³-hybridized carbons (Fsp3) is 0.353. The Bertz CT molecular complexity index is 886. The molecule has 1 fully saturated rings. The summed E-state index contributed by atoms with van der Waals surface area (Å²) in [6.45, 7) is 1.25. The lowest BCUT2D eigenvalue weighted by Crippen LogP contribution is -2.48. The van der Waals surface area contributed by atoms with Crippen LogP contribution in [0, 0.1) is 21.4 Å². The van der Waals surface area contributed by atoms with Crippen LogP contribution in [0.2, 0.25) is 0 Å². The van der Waals surface area contributed by atoms with Gasteiger partial charge in [0.2, 0.25) is 5.91 Å². The van der Waals surface area contributed by atoms with E-state index in [2.05, 4.69) is 10.3 Å². The molecule has 3 N–H and O–H groups in total. The number of halogens is 1. The van der Waals surface area contributed by atoms with E-state index in [9.17, 15) is 20.2 Å². The van der Waals surface area contributed by atoms with Gasteiger partial charge in [-0.15, -0.1) is 23.7 Å². The summed E-state index contributed by atoms with van der Waals surface area (Å²) in [4.78, 5) is 28.3. The number of nitrogens with two attached hydrogens (primary N) is 1. The molecule has 0 spiro atoms. The molecule has 1 amide bonds. The SMILES string of the molecule is Cl.N#Cc1cc([N+](=O)[O-])ccc1N1CC[C@H](N[C@@H](Cc2cscn2)C(N)=O)C1. The summed E-state index contributed by atoms with van der Waals surface area (Å²) in [5.74, 6) is -0.436. The number of nitriles is 1. The van der Waals surface area contributed by atoms with Crippen LogP contribution in [-0.2, 0) is 11.2 Å². The molecule has 1 saturated heterocycles. The number of hydrogen-bond acceptors (Lipinski definition) is 8. The maximum Gasteiger partial charge on any atom is 0.270 e. The quantitative estimate of drug-likeness (QED) is 0.510. The number of non-ortho nitro benzene ring substituents is 1. The molecule has 0 aliphatic carbocycles. The van der Waals surface area contributed by atoms with E-state index in [0.29, 0.717) is 25.2 Å². The molecule has 1 aliphatic heterocycles. The summed E-state index contributed by atoms with van der Waals surface area (Å²) < 4.78 is 0. The third-order valence-corrected chi connectivity index (χ3v) is 5.15. The van der Waals surface area contributed by atoms with Gasteiger partial charge >= 0.3 is 0 Å². The number of hydrogen-bond donors (Lipinski definition) is 2. The summed E-state index contributed by atoms with van der Waals surface area (Å²) in [7, 11) is 0. The van der Waals surface area contributed by atoms with E-state index < -0.39 is 16.9 Å². The van der Waals surface area contributed by atoms with Crippen LogP contribution in [-0.4, -0.2) is 41.0 Å². The second kappa shape index (κ2) is 9.45. The van der Waals surface area contributed by atoms with Crippen molar-refractivity contribution in [2.75, 3.05) is 18.0 Å². The number of carbonyl (C=O) groups excluding carboxylic acids is 1. The lowest BCUT2D eigenvalue weighted by molar-refractivity contribution is -0.384. The molecule has 2 atom stereocenters. The zero-order chi connectivity index (χ0) is 19.4. The molecule has 0 radical (unpaired) electrons. The highest BCUT2D eigenvalue weighted by atomic mass is 35.5. The number of carbonyl (C=O) groups is 1. The van der Waals surface area contributed by atoms with Crippen LogP contribution in [0.5, 0.6) is 0 Å². The first-order valence-corrected chi connectivity index (χ1v) is 9.28. The Balaban J connectivity index is 0.00000280. The van der Waals surface area contributed by atoms with Crippen molar-refractivity contribution in [2.45, 2.75) is 24.9 Å². The van der Waals surface area contributed by atoms with Crippen LogP contribution >= 0.6 is 23.7 Å². The van der Waals surface area contributed by atoms with E-state index >= 15 is 0 Å². The van der Waals surface area contributed by atoms with Crippen molar-refractivity contribution in [3.8, 4) is 6.07 Å². The number of thiazole rings is 1.